The fourth-order valence-electron chi connectivity index (χ4n) is 1.77. The molecule has 84 valence electrons. The molecule has 4 nitrogen and oxygen atoms in total. The summed E-state index contributed by atoms with van der Waals surface area (Å²) in [7, 11) is 1.74. The minimum Gasteiger partial charge on any atom is -0.453 e. The predicted molar refractivity (Wildman–Crippen MR) is 66.5 cm³/mol. The highest BCUT2D eigenvalue weighted by Gasteiger charge is 2.08. The number of nitrogen functional groups attached to an aromatic ring is 1. The van der Waals surface area contributed by atoms with Crippen molar-refractivity contribution in [3.63, 3.8) is 0 Å². The first-order valence-corrected chi connectivity index (χ1v) is 5.29. The Bertz CT molecular complexity index is 730. The number of anilines is 1. The van der Waals surface area contributed by atoms with Gasteiger partial charge in [-0.15, -0.1) is 0 Å². The van der Waals surface area contributed by atoms with Crippen LogP contribution < -0.4 is 11.1 Å². The van der Waals surface area contributed by atoms with E-state index < -0.39 is 0 Å². The van der Waals surface area contributed by atoms with Crippen LogP contribution in [0.4, 0.5) is 5.69 Å². The minimum atomic E-state index is 0.665. The van der Waals surface area contributed by atoms with E-state index in [1.54, 1.807) is 13.1 Å². The molecule has 0 radical (unpaired) electrons. The van der Waals surface area contributed by atoms with Crippen LogP contribution in [0, 0.1) is 0 Å². The normalized spacial score (nSPS) is 12.4. The Labute approximate surface area is 97.8 Å². The number of rotatable bonds is 0. The Hall–Kier alpha value is -2.36. The number of aromatic nitrogens is 1. The summed E-state index contributed by atoms with van der Waals surface area (Å²) in [5, 5.41) is 0.867. The summed E-state index contributed by atoms with van der Waals surface area (Å²) in [5.41, 5.74) is 8.68. The van der Waals surface area contributed by atoms with Crippen molar-refractivity contribution in [3.05, 3.63) is 41.8 Å². The van der Waals surface area contributed by atoms with Crippen LogP contribution in [-0.2, 0) is 0 Å². The number of nitrogens with zero attached hydrogens (tertiary/aromatic N) is 2. The predicted octanol–water partition coefficient (Wildman–Crippen LogP) is 2.05. The van der Waals surface area contributed by atoms with Crippen LogP contribution in [0.3, 0.4) is 0 Å². The molecular weight excluding hydrogens is 214 g/mol. The van der Waals surface area contributed by atoms with Crippen molar-refractivity contribution >= 4 is 16.8 Å². The molecule has 2 N–H and O–H groups in total. The van der Waals surface area contributed by atoms with Crippen molar-refractivity contribution in [2.24, 2.45) is 4.99 Å². The van der Waals surface area contributed by atoms with Crippen LogP contribution in [0.5, 0.6) is 0 Å². The van der Waals surface area contributed by atoms with Crippen LogP contribution >= 0.6 is 0 Å². The lowest BCUT2D eigenvalue weighted by molar-refractivity contribution is 0.612. The van der Waals surface area contributed by atoms with Gasteiger partial charge in [-0.2, -0.15) is 0 Å². The minimum absolute atomic E-state index is 0.665. The van der Waals surface area contributed by atoms with Gasteiger partial charge in [0.25, 0.3) is 0 Å². The Morgan fingerprint density at radius 3 is 2.88 bits per heavy atom. The summed E-state index contributed by atoms with van der Waals surface area (Å²) in [4.78, 5) is 8.61. The third kappa shape index (κ3) is 1.63. The van der Waals surface area contributed by atoms with Crippen molar-refractivity contribution in [2.75, 3.05) is 12.8 Å². The monoisotopic (exact) mass is 225 g/mol. The van der Waals surface area contributed by atoms with E-state index >= 15 is 0 Å². The van der Waals surface area contributed by atoms with Crippen LogP contribution in [-0.4, -0.2) is 12.0 Å². The fourth-order valence-corrected chi connectivity index (χ4v) is 1.77. The van der Waals surface area contributed by atoms with Gasteiger partial charge in [-0.1, -0.05) is 0 Å². The van der Waals surface area contributed by atoms with Gasteiger partial charge in [0.05, 0.1) is 5.36 Å². The molecule has 17 heavy (non-hydrogen) atoms. The zero-order valence-electron chi connectivity index (χ0n) is 9.34. The van der Waals surface area contributed by atoms with Gasteiger partial charge in [0.15, 0.2) is 11.3 Å². The van der Waals surface area contributed by atoms with Gasteiger partial charge in [0.1, 0.15) is 11.2 Å². The number of nitrogens with two attached hydrogens (primary N) is 1. The number of hydrogen-bond acceptors (Lipinski definition) is 4. The van der Waals surface area contributed by atoms with E-state index in [1.807, 2.05) is 30.3 Å². The Morgan fingerprint density at radius 1 is 1.18 bits per heavy atom. The zero-order valence-corrected chi connectivity index (χ0v) is 9.34. The molecule has 1 aromatic rings. The third-order valence-electron chi connectivity index (χ3n) is 2.65. The van der Waals surface area contributed by atoms with Gasteiger partial charge < -0.3 is 10.2 Å². The molecule has 1 heterocycles. The van der Waals surface area contributed by atoms with E-state index in [2.05, 4.69) is 9.98 Å². The van der Waals surface area contributed by atoms with Crippen molar-refractivity contribution < 1.29 is 4.42 Å². The maximum absolute atomic E-state index is 5.77. The van der Waals surface area contributed by atoms with Crippen LogP contribution in [0.25, 0.3) is 22.6 Å². The first-order chi connectivity index (χ1) is 8.26. The second-order valence-corrected chi connectivity index (χ2v) is 3.82. The Kier molecular flexibility index (Phi) is 2.08. The largest absolute Gasteiger partial charge is 0.453 e. The summed E-state index contributed by atoms with van der Waals surface area (Å²) in [6.07, 6.45) is 0. The summed E-state index contributed by atoms with van der Waals surface area (Å²) in [5.74, 6) is 0.714. The lowest BCUT2D eigenvalue weighted by atomic mass is 10.2. The van der Waals surface area contributed by atoms with Gasteiger partial charge in [0.2, 0.25) is 0 Å². The average Bonchev–Trinajstić information content (AvgIpc) is 2.35. The van der Waals surface area contributed by atoms with Crippen LogP contribution in [0.1, 0.15) is 0 Å². The van der Waals surface area contributed by atoms with Gasteiger partial charge in [0, 0.05) is 24.9 Å². The van der Waals surface area contributed by atoms with Crippen LogP contribution in [0.2, 0.25) is 0 Å². The molecule has 0 atom stereocenters. The van der Waals surface area contributed by atoms with E-state index in [0.717, 1.165) is 16.6 Å². The van der Waals surface area contributed by atoms with Crippen LogP contribution in [0.15, 0.2) is 45.8 Å². The van der Waals surface area contributed by atoms with E-state index in [4.69, 9.17) is 10.2 Å². The molecule has 0 saturated carbocycles. The van der Waals surface area contributed by atoms with E-state index in [1.165, 1.54) is 0 Å². The lowest BCUT2D eigenvalue weighted by Gasteiger charge is -2.06. The molecule has 1 aromatic carbocycles. The topological polar surface area (TPSA) is 64.4 Å². The smallest absolute Gasteiger partial charge is 0.155 e. The van der Waals surface area contributed by atoms with Gasteiger partial charge in [-0.05, 0) is 24.3 Å². The molecule has 1 aliphatic carbocycles. The van der Waals surface area contributed by atoms with Crippen molar-refractivity contribution in [3.8, 4) is 11.5 Å². The Morgan fingerprint density at radius 2 is 2.06 bits per heavy atom. The molecule has 0 saturated heterocycles. The molecule has 4 heteroatoms. The molecule has 0 fully saturated rings. The maximum atomic E-state index is 5.77. The number of hydrogen-bond donors (Lipinski definition) is 1. The highest BCUT2D eigenvalue weighted by atomic mass is 16.3. The standard InChI is InChI=1S/C13H11N3O/c1-15-9-3-5-11-13(7-9)17-12-6-8(14)2-4-10(12)16-11/h2-7H,14H2,1H3. The SMILES string of the molecule is CN=c1ccc2nc3ccc(N)cc3oc-2c1. The first kappa shape index (κ1) is 9.84. The first-order valence-electron chi connectivity index (χ1n) is 5.29. The highest BCUT2D eigenvalue weighted by molar-refractivity contribution is 5.79. The molecule has 0 spiro atoms. The Balaban J connectivity index is 2.41. The quantitative estimate of drug-likeness (QED) is 0.470. The van der Waals surface area contributed by atoms with E-state index in [-0.39, 0.29) is 0 Å². The van der Waals surface area contributed by atoms with Gasteiger partial charge in [-0.3, -0.25) is 4.99 Å². The van der Waals surface area contributed by atoms with Gasteiger partial charge in [-0.25, -0.2) is 4.98 Å². The number of benzene rings is 2. The molecule has 0 unspecified atom stereocenters. The molecule has 3 rings (SSSR count). The summed E-state index contributed by atoms with van der Waals surface area (Å²) < 4.78 is 5.77. The molecule has 0 amide bonds. The molecular formula is C13H11N3O. The summed E-state index contributed by atoms with van der Waals surface area (Å²) >= 11 is 0. The highest BCUT2D eigenvalue weighted by Crippen LogP contribution is 2.24. The lowest BCUT2D eigenvalue weighted by Crippen LogP contribution is -2.01. The van der Waals surface area contributed by atoms with Crippen molar-refractivity contribution in [1.29, 1.82) is 0 Å². The summed E-state index contributed by atoms with van der Waals surface area (Å²) in [6.45, 7) is 0. The van der Waals surface area contributed by atoms with Crippen molar-refractivity contribution in [2.45, 2.75) is 0 Å². The van der Waals surface area contributed by atoms with Gasteiger partial charge >= 0.3 is 0 Å². The van der Waals surface area contributed by atoms with Crippen molar-refractivity contribution in [1.82, 2.24) is 4.98 Å². The molecule has 0 bridgehead atoms. The summed E-state index contributed by atoms with van der Waals surface area (Å²) in [6, 6.07) is 11.1. The molecule has 2 aliphatic rings. The number of fused-ring (bicyclic) bond motifs is 2. The van der Waals surface area contributed by atoms with E-state index in [9.17, 15) is 0 Å². The molecule has 1 aliphatic heterocycles. The maximum Gasteiger partial charge on any atom is 0.155 e. The third-order valence-corrected chi connectivity index (χ3v) is 2.65. The zero-order chi connectivity index (χ0) is 11.8. The second kappa shape index (κ2) is 3.59. The molecule has 0 aromatic heterocycles. The second-order valence-electron chi connectivity index (χ2n) is 3.82. The average molecular weight is 225 g/mol. The van der Waals surface area contributed by atoms with E-state index in [0.29, 0.717) is 17.0 Å². The fraction of sp³-hybridized carbons (Fsp3) is 0.0769.